The molecule has 0 heterocycles. The zero-order valence-corrected chi connectivity index (χ0v) is 15.4. The Kier molecular flexibility index (Phi) is 8.49. The van der Waals surface area contributed by atoms with Crippen LogP contribution in [0.15, 0.2) is 28.7 Å². The molecule has 0 spiro atoms. The number of benzene rings is 1. The zero-order chi connectivity index (χ0) is 15.8. The second kappa shape index (κ2) is 9.57. The van der Waals surface area contributed by atoms with E-state index in [0.717, 1.165) is 37.1 Å². The van der Waals surface area contributed by atoms with E-state index in [4.69, 9.17) is 5.73 Å². The highest BCUT2D eigenvalue weighted by atomic mass is 79.9. The summed E-state index contributed by atoms with van der Waals surface area (Å²) in [6.07, 6.45) is 1.00. The van der Waals surface area contributed by atoms with Gasteiger partial charge in [0.2, 0.25) is 0 Å². The van der Waals surface area contributed by atoms with Crippen molar-refractivity contribution in [3.8, 4) is 0 Å². The molecule has 0 aliphatic carbocycles. The number of nitrogens with zero attached hydrogens (tertiary/aromatic N) is 2. The summed E-state index contributed by atoms with van der Waals surface area (Å²) in [6, 6.07) is 8.47. The summed E-state index contributed by atoms with van der Waals surface area (Å²) in [7, 11) is 4.25. The molecule has 1 atom stereocenters. The molecular formula is C17H30BrN3. The fourth-order valence-electron chi connectivity index (χ4n) is 2.35. The summed E-state index contributed by atoms with van der Waals surface area (Å²) in [4.78, 5) is 4.77. The van der Waals surface area contributed by atoms with Crippen LogP contribution >= 0.6 is 15.9 Å². The van der Waals surface area contributed by atoms with Crippen molar-refractivity contribution in [1.82, 2.24) is 9.80 Å². The molecule has 1 aromatic rings. The normalized spacial score (nSPS) is 13.4. The molecule has 0 saturated heterocycles. The lowest BCUT2D eigenvalue weighted by molar-refractivity contribution is 0.212. The Hall–Kier alpha value is -0.420. The Bertz CT molecular complexity index is 390. The number of nitrogens with two attached hydrogens (primary N) is 1. The lowest BCUT2D eigenvalue weighted by atomic mass is 10.0. The van der Waals surface area contributed by atoms with E-state index in [1.807, 2.05) is 0 Å². The smallest absolute Gasteiger partial charge is 0.0307 e. The summed E-state index contributed by atoms with van der Waals surface area (Å²) in [5, 5.41) is 0. The molecule has 120 valence electrons. The third-order valence-corrected chi connectivity index (χ3v) is 4.07. The van der Waals surface area contributed by atoms with E-state index >= 15 is 0 Å². The Morgan fingerprint density at radius 3 is 2.19 bits per heavy atom. The van der Waals surface area contributed by atoms with Crippen LogP contribution in [0.2, 0.25) is 0 Å². The van der Waals surface area contributed by atoms with Crippen LogP contribution in [0.1, 0.15) is 31.9 Å². The monoisotopic (exact) mass is 355 g/mol. The van der Waals surface area contributed by atoms with Gasteiger partial charge in [-0.1, -0.05) is 41.9 Å². The van der Waals surface area contributed by atoms with Gasteiger partial charge in [-0.3, -0.25) is 0 Å². The molecule has 21 heavy (non-hydrogen) atoms. The van der Waals surface area contributed by atoms with Gasteiger partial charge in [0.15, 0.2) is 0 Å². The molecule has 0 amide bonds. The van der Waals surface area contributed by atoms with Gasteiger partial charge in [-0.05, 0) is 50.7 Å². The van der Waals surface area contributed by atoms with Crippen LogP contribution in [-0.2, 0) is 0 Å². The quantitative estimate of drug-likeness (QED) is 0.736. The number of halogens is 1. The summed E-state index contributed by atoms with van der Waals surface area (Å²) in [6.45, 7) is 8.96. The van der Waals surface area contributed by atoms with E-state index in [1.54, 1.807) is 0 Å². The maximum absolute atomic E-state index is 6.33. The van der Waals surface area contributed by atoms with Crippen molar-refractivity contribution in [2.24, 2.45) is 11.7 Å². The highest BCUT2D eigenvalue weighted by molar-refractivity contribution is 9.10. The molecule has 4 heteroatoms. The molecule has 1 aromatic carbocycles. The lowest BCUT2D eigenvalue weighted by Crippen LogP contribution is -2.36. The Morgan fingerprint density at radius 1 is 1.05 bits per heavy atom. The SMILES string of the molecule is CC(C)CN(CCC(N)c1ccc(Br)cc1)CCN(C)C. The van der Waals surface area contributed by atoms with Gasteiger partial charge in [-0.25, -0.2) is 0 Å². The van der Waals surface area contributed by atoms with E-state index in [-0.39, 0.29) is 6.04 Å². The van der Waals surface area contributed by atoms with Gasteiger partial charge in [-0.15, -0.1) is 0 Å². The molecule has 1 rings (SSSR count). The van der Waals surface area contributed by atoms with Crippen LogP contribution in [0.4, 0.5) is 0 Å². The van der Waals surface area contributed by atoms with E-state index in [2.05, 4.69) is 77.9 Å². The van der Waals surface area contributed by atoms with Crippen LogP contribution in [0.25, 0.3) is 0 Å². The van der Waals surface area contributed by atoms with Crippen LogP contribution < -0.4 is 5.73 Å². The Labute approximate surface area is 138 Å². The largest absolute Gasteiger partial charge is 0.324 e. The second-order valence-electron chi connectivity index (χ2n) is 6.44. The molecule has 0 radical (unpaired) electrons. The van der Waals surface area contributed by atoms with Gasteiger partial charge < -0.3 is 15.5 Å². The minimum absolute atomic E-state index is 0.118. The molecule has 0 aliphatic heterocycles. The minimum Gasteiger partial charge on any atom is -0.324 e. The highest BCUT2D eigenvalue weighted by Gasteiger charge is 2.11. The topological polar surface area (TPSA) is 32.5 Å². The Morgan fingerprint density at radius 2 is 1.67 bits per heavy atom. The summed E-state index contributed by atoms with van der Waals surface area (Å²) < 4.78 is 1.10. The van der Waals surface area contributed by atoms with Crippen molar-refractivity contribution in [2.75, 3.05) is 40.3 Å². The van der Waals surface area contributed by atoms with Crippen molar-refractivity contribution in [3.05, 3.63) is 34.3 Å². The molecule has 0 bridgehead atoms. The molecule has 3 nitrogen and oxygen atoms in total. The first-order valence-electron chi connectivity index (χ1n) is 7.76. The number of rotatable bonds is 9. The third-order valence-electron chi connectivity index (χ3n) is 3.54. The van der Waals surface area contributed by atoms with Crippen LogP contribution in [0.5, 0.6) is 0 Å². The average Bonchev–Trinajstić information content (AvgIpc) is 2.41. The average molecular weight is 356 g/mol. The zero-order valence-electron chi connectivity index (χ0n) is 13.8. The minimum atomic E-state index is 0.118. The molecule has 1 unspecified atom stereocenters. The fourth-order valence-corrected chi connectivity index (χ4v) is 2.61. The van der Waals surface area contributed by atoms with Crippen molar-refractivity contribution < 1.29 is 0 Å². The molecule has 0 fully saturated rings. The van der Waals surface area contributed by atoms with Crippen molar-refractivity contribution in [1.29, 1.82) is 0 Å². The van der Waals surface area contributed by atoms with Crippen molar-refractivity contribution in [3.63, 3.8) is 0 Å². The molecule has 0 saturated carbocycles. The first-order chi connectivity index (χ1) is 9.88. The van der Waals surface area contributed by atoms with Crippen LogP contribution in [0.3, 0.4) is 0 Å². The van der Waals surface area contributed by atoms with E-state index in [0.29, 0.717) is 5.92 Å². The maximum Gasteiger partial charge on any atom is 0.0307 e. The van der Waals surface area contributed by atoms with Gasteiger partial charge in [0, 0.05) is 30.1 Å². The lowest BCUT2D eigenvalue weighted by Gasteiger charge is -2.27. The molecule has 0 aromatic heterocycles. The summed E-state index contributed by atoms with van der Waals surface area (Å²) in [5.74, 6) is 0.691. The summed E-state index contributed by atoms with van der Waals surface area (Å²) in [5.41, 5.74) is 7.55. The Balaban J connectivity index is 2.48. The van der Waals surface area contributed by atoms with E-state index < -0.39 is 0 Å². The van der Waals surface area contributed by atoms with E-state index in [9.17, 15) is 0 Å². The van der Waals surface area contributed by atoms with Gasteiger partial charge in [-0.2, -0.15) is 0 Å². The first kappa shape index (κ1) is 18.6. The number of likely N-dealkylation sites (N-methyl/N-ethyl adjacent to an activating group) is 1. The highest BCUT2D eigenvalue weighted by Crippen LogP contribution is 2.18. The molecule has 2 N–H and O–H groups in total. The van der Waals surface area contributed by atoms with Gasteiger partial charge >= 0.3 is 0 Å². The number of hydrogen-bond donors (Lipinski definition) is 1. The maximum atomic E-state index is 6.33. The standard InChI is InChI=1S/C17H30BrN3/c1-14(2)13-21(12-11-20(3)4)10-9-17(19)15-5-7-16(18)8-6-15/h5-8,14,17H,9-13,19H2,1-4H3. The number of hydrogen-bond acceptors (Lipinski definition) is 3. The van der Waals surface area contributed by atoms with Crippen molar-refractivity contribution in [2.45, 2.75) is 26.3 Å². The fraction of sp³-hybridized carbons (Fsp3) is 0.647. The van der Waals surface area contributed by atoms with Gasteiger partial charge in [0.05, 0.1) is 0 Å². The van der Waals surface area contributed by atoms with Crippen molar-refractivity contribution >= 4 is 15.9 Å². The summed E-state index contributed by atoms with van der Waals surface area (Å²) >= 11 is 3.46. The molecule has 0 aliphatic rings. The van der Waals surface area contributed by atoms with Gasteiger partial charge in [0.1, 0.15) is 0 Å². The van der Waals surface area contributed by atoms with Crippen LogP contribution in [0, 0.1) is 5.92 Å². The first-order valence-corrected chi connectivity index (χ1v) is 8.56. The molecular weight excluding hydrogens is 326 g/mol. The van der Waals surface area contributed by atoms with E-state index in [1.165, 1.54) is 5.56 Å². The predicted molar refractivity (Wildman–Crippen MR) is 95.5 cm³/mol. The van der Waals surface area contributed by atoms with Crippen LogP contribution in [-0.4, -0.2) is 50.1 Å². The predicted octanol–water partition coefficient (Wildman–Crippen LogP) is 3.36. The second-order valence-corrected chi connectivity index (χ2v) is 7.36. The third kappa shape index (κ3) is 7.96. The van der Waals surface area contributed by atoms with Gasteiger partial charge in [0.25, 0.3) is 0 Å².